The minimum absolute atomic E-state index is 0.0843. The molecular formula is C63H89N17O16S2+2. The number of primary amides is 1. The Morgan fingerprint density at radius 3 is 1.90 bits per heavy atom. The fourth-order valence-electron chi connectivity index (χ4n) is 10.6. The number of phenolic OH excluding ortho intramolecular Hbond substituents is 2. The molecule has 98 heavy (non-hydrogen) atoms. The maximum Gasteiger partial charge on any atom is 0.338 e. The van der Waals surface area contributed by atoms with E-state index in [1.807, 2.05) is 0 Å². The number of H-pyrrole nitrogens is 1. The van der Waals surface area contributed by atoms with E-state index in [1.165, 1.54) is 53.4 Å². The average molecular weight is 1400 g/mol. The number of hydrogen-bond acceptors (Lipinski definition) is 18. The summed E-state index contributed by atoms with van der Waals surface area (Å²) >= 11 is 0. The summed E-state index contributed by atoms with van der Waals surface area (Å²) in [4.78, 5) is 177. The van der Waals surface area contributed by atoms with Crippen LogP contribution in [0.2, 0.25) is 0 Å². The molecule has 532 valence electrons. The van der Waals surface area contributed by atoms with E-state index in [-0.39, 0.29) is 80.6 Å². The minimum atomic E-state index is -1.79. The first-order valence-corrected chi connectivity index (χ1v) is 34.3. The van der Waals surface area contributed by atoms with E-state index in [0.29, 0.717) is 34.0 Å². The van der Waals surface area contributed by atoms with Crippen LogP contribution in [0.25, 0.3) is 10.9 Å². The number of carbonyl (C=O) groups is 12. The largest absolute Gasteiger partial charge is 0.508 e. The van der Waals surface area contributed by atoms with Crippen LogP contribution in [0.5, 0.6) is 11.5 Å². The van der Waals surface area contributed by atoms with Crippen LogP contribution in [0, 0.1) is 5.92 Å². The third-order valence-electron chi connectivity index (χ3n) is 16.0. The van der Waals surface area contributed by atoms with E-state index in [2.05, 4.69) is 68.9 Å². The molecular weight excluding hydrogens is 1310 g/mol. The van der Waals surface area contributed by atoms with E-state index >= 15 is 0 Å². The van der Waals surface area contributed by atoms with Crippen LogP contribution < -0.4 is 81.1 Å². The van der Waals surface area contributed by atoms with Gasteiger partial charge in [-0.05, 0) is 85.5 Å². The van der Waals surface area contributed by atoms with Gasteiger partial charge < -0.3 is 94.9 Å². The van der Waals surface area contributed by atoms with E-state index < -0.39 is 169 Å². The molecule has 0 bridgehead atoms. The molecule has 11 atom stereocenters. The van der Waals surface area contributed by atoms with Crippen molar-refractivity contribution in [1.29, 1.82) is 0 Å². The maximum absolute atomic E-state index is 14.9. The normalized spacial score (nSPS) is 23.2. The van der Waals surface area contributed by atoms with Crippen molar-refractivity contribution in [2.24, 2.45) is 23.1 Å². The number of quaternary nitrogens is 1. The molecule has 1 aromatic heterocycles. The number of aliphatic hydroxyl groups excluding tert-OH is 2. The van der Waals surface area contributed by atoms with Crippen LogP contribution in [0.3, 0.4) is 0 Å². The number of guanidine groups is 1. The molecule has 2 aliphatic rings. The first kappa shape index (κ1) is 77.3. The number of carbonyl (C=O) groups excluding carboxylic acids is 12. The predicted molar refractivity (Wildman–Crippen MR) is 359 cm³/mol. The van der Waals surface area contributed by atoms with Crippen LogP contribution in [0.1, 0.15) is 69.6 Å². The SMILES string of the molecule is CC(C)[C@@H]1NC(=O)[C@@H](NC(=O)[C@H](Cc2ccc(O)cc2)NC(=O)[C@@H]2CCCN2C(=O)[C@H](C)[NH3+])CSSC[C@@H](C(N)=O)NC(=O)[C@H](CO)NC(=O)[C@H](Cc2c[nH]c3ccccc23)NC(=O)[C@H](CO)NC(=O)CCNC(=O)[C@H](CCC[NH+]=C(N)N)NC(=O)[C@H](Cc2ccc(O)cc2)NC1=O. The Kier molecular flexibility index (Phi) is 29.7. The third-order valence-corrected chi connectivity index (χ3v) is 18.5. The van der Waals surface area contributed by atoms with Crippen LogP contribution in [-0.2, 0) is 76.8 Å². The number of nitrogens with one attached hydrogen (secondary N) is 12. The predicted octanol–water partition coefficient (Wildman–Crippen LogP) is -7.25. The molecule has 2 saturated heterocycles. The molecule has 0 saturated carbocycles. The number of benzene rings is 3. The van der Waals surface area contributed by atoms with E-state index in [4.69, 9.17) is 17.2 Å². The van der Waals surface area contributed by atoms with Crippen LogP contribution in [0.4, 0.5) is 0 Å². The molecule has 12 amide bonds. The Balaban J connectivity index is 1.37. The van der Waals surface area contributed by atoms with Crippen molar-refractivity contribution < 1.29 is 88.7 Å². The zero-order chi connectivity index (χ0) is 71.8. The highest BCUT2D eigenvalue weighted by Crippen LogP contribution is 2.25. The summed E-state index contributed by atoms with van der Waals surface area (Å²) in [6.45, 7) is 2.66. The number of nitrogens with zero attached hydrogens (tertiary/aromatic N) is 1. The number of likely N-dealkylation sites (tertiary alicyclic amines) is 1. The Hall–Kier alpha value is -9.71. The molecule has 25 N–H and O–H groups in total. The first-order chi connectivity index (χ1) is 46.7. The zero-order valence-corrected chi connectivity index (χ0v) is 56.1. The summed E-state index contributed by atoms with van der Waals surface area (Å²) in [7, 11) is 1.75. The lowest BCUT2D eigenvalue weighted by atomic mass is 10.00. The average Bonchev–Trinajstić information content (AvgIpc) is 1.57. The molecule has 0 aliphatic carbocycles. The molecule has 0 spiro atoms. The highest BCUT2D eigenvalue weighted by atomic mass is 33.1. The summed E-state index contributed by atoms with van der Waals surface area (Å²) < 4.78 is 0. The number of aromatic hydroxyl groups is 2. The molecule has 2 aliphatic heterocycles. The quantitative estimate of drug-likeness (QED) is 0.0179. The van der Waals surface area contributed by atoms with Crippen LogP contribution >= 0.6 is 21.6 Å². The third kappa shape index (κ3) is 23.3. The summed E-state index contributed by atoms with van der Waals surface area (Å²) in [5.41, 5.74) is 22.8. The highest BCUT2D eigenvalue weighted by molar-refractivity contribution is 8.76. The molecule has 6 rings (SSSR count). The number of aliphatic hydroxyl groups is 2. The number of phenols is 2. The molecule has 35 heteroatoms. The molecule has 0 radical (unpaired) electrons. The minimum Gasteiger partial charge on any atom is -0.508 e. The van der Waals surface area contributed by atoms with Gasteiger partial charge in [-0.3, -0.25) is 74.0 Å². The van der Waals surface area contributed by atoms with Crippen molar-refractivity contribution in [2.45, 2.75) is 139 Å². The first-order valence-electron chi connectivity index (χ1n) is 31.8. The van der Waals surface area contributed by atoms with Crippen molar-refractivity contribution in [3.05, 3.63) is 95.7 Å². The number of hydrogen-bond donors (Lipinski definition) is 20. The zero-order valence-electron chi connectivity index (χ0n) is 54.4. The number of para-hydroxylation sites is 1. The second kappa shape index (κ2) is 37.7. The van der Waals surface area contributed by atoms with E-state index in [9.17, 15) is 78.0 Å². The van der Waals surface area contributed by atoms with Crippen molar-refractivity contribution >= 4 is 109 Å². The van der Waals surface area contributed by atoms with Gasteiger partial charge in [-0.2, -0.15) is 0 Å². The van der Waals surface area contributed by atoms with E-state index in [0.717, 1.165) is 21.6 Å². The smallest absolute Gasteiger partial charge is 0.338 e. The van der Waals surface area contributed by atoms with Gasteiger partial charge in [0.15, 0.2) is 6.04 Å². The topological polar surface area (TPSA) is 545 Å². The van der Waals surface area contributed by atoms with Crippen molar-refractivity contribution in [3.63, 3.8) is 0 Å². The van der Waals surface area contributed by atoms with Gasteiger partial charge in [0.2, 0.25) is 65.0 Å². The number of nitrogens with two attached hydrogens (primary N) is 3. The summed E-state index contributed by atoms with van der Waals surface area (Å²) in [6, 6.07) is 2.60. The lowest BCUT2D eigenvalue weighted by molar-refractivity contribution is -0.459. The lowest BCUT2D eigenvalue weighted by Crippen LogP contribution is -2.78. The highest BCUT2D eigenvalue weighted by Gasteiger charge is 2.40. The number of fused-ring (bicyclic) bond motifs is 1. The molecule has 2 fully saturated rings. The number of aromatic nitrogens is 1. The molecule has 0 unspecified atom stereocenters. The van der Waals surface area contributed by atoms with Gasteiger partial charge >= 0.3 is 5.96 Å². The van der Waals surface area contributed by atoms with Gasteiger partial charge in [-0.1, -0.05) is 77.9 Å². The maximum atomic E-state index is 14.9. The summed E-state index contributed by atoms with van der Waals surface area (Å²) in [6.07, 6.45) is 1.16. The van der Waals surface area contributed by atoms with Crippen molar-refractivity contribution in [1.82, 2.24) is 63.1 Å². The van der Waals surface area contributed by atoms with Gasteiger partial charge in [-0.15, -0.1) is 0 Å². The Labute approximate surface area is 571 Å². The standard InChI is InChI=1S/C63H87N17O16S2/c1-32(2)51-61(95)75-43(25-35-14-18-38(84)19-15-35)54(88)72-41(10-6-21-69-63(66)67)53(87)68-22-20-50(85)71-45(28-81)57(91)73-44(26-36-27-70-40-9-5-4-8-39(36)40)56(90)76-46(29-82)58(92)77-47(52(65)86)30-97-98-31-48(59(93)79-51)78-55(89)42(24-34-12-16-37(83)17-13-34)74-60(94)49-11-7-23-80(49)62(96)33(3)64/h4-5,8-9,12-19,27,32-33,41-49,51,70,81-84H,6-7,10-11,20-26,28-31,64H2,1-3H3,(H2,65,86)(H,68,87)(H,71,85)(H,72,88)(H,73,91)(H,74,94)(H,75,95)(H,76,90)(H,77,92)(H,78,89)(H,79,93)(H4,66,67,69)/p+2/t33-,41-,42-,43-,44-,45-,46-,47-,48-,49-,51-/m0/s1. The van der Waals surface area contributed by atoms with Crippen molar-refractivity contribution in [2.75, 3.05) is 44.4 Å². The fraction of sp³-hybridized carbons (Fsp3) is 0.476. The Morgan fingerprint density at radius 2 is 1.27 bits per heavy atom. The second-order valence-electron chi connectivity index (χ2n) is 24.1. The van der Waals surface area contributed by atoms with Gasteiger partial charge in [0.1, 0.15) is 71.9 Å². The van der Waals surface area contributed by atoms with Crippen LogP contribution in [-0.4, -0.2) is 218 Å². The summed E-state index contributed by atoms with van der Waals surface area (Å²) in [5.74, 6) is -12.6. The monoisotopic (exact) mass is 1400 g/mol. The number of aromatic amines is 1. The second-order valence-corrected chi connectivity index (χ2v) is 26.6. The number of rotatable bonds is 19. The van der Waals surface area contributed by atoms with Gasteiger partial charge in [0.25, 0.3) is 5.91 Å². The Bertz CT molecular complexity index is 3500. The lowest BCUT2D eigenvalue weighted by Gasteiger charge is -2.29. The van der Waals surface area contributed by atoms with E-state index in [1.54, 1.807) is 51.2 Å². The summed E-state index contributed by atoms with van der Waals surface area (Å²) in [5, 5.41) is 67.6. The van der Waals surface area contributed by atoms with Gasteiger partial charge in [-0.25, -0.2) is 0 Å². The molecule has 3 heterocycles. The number of amides is 12. The van der Waals surface area contributed by atoms with Crippen LogP contribution in [0.15, 0.2) is 79.0 Å². The Morgan fingerprint density at radius 1 is 0.684 bits per heavy atom. The molecule has 33 nitrogen and oxygen atoms in total. The molecule has 3 aromatic carbocycles. The van der Waals surface area contributed by atoms with Gasteiger partial charge in [0, 0.05) is 67.4 Å². The van der Waals surface area contributed by atoms with Gasteiger partial charge in [0.05, 0.1) is 19.8 Å². The van der Waals surface area contributed by atoms with Crippen molar-refractivity contribution in [3.8, 4) is 11.5 Å². The molecule has 4 aromatic rings. The fourth-order valence-corrected chi connectivity index (χ4v) is 13.0.